The van der Waals surface area contributed by atoms with Gasteiger partial charge in [0.1, 0.15) is 0 Å². The van der Waals surface area contributed by atoms with Gasteiger partial charge in [-0.15, -0.1) is 0 Å². The van der Waals surface area contributed by atoms with Crippen LogP contribution < -0.4 is 5.73 Å². The van der Waals surface area contributed by atoms with Crippen LogP contribution in [0.25, 0.3) is 0 Å². The van der Waals surface area contributed by atoms with Gasteiger partial charge in [-0.3, -0.25) is 4.79 Å². The standard InChI is InChI=1S/C12H12F5NO2/c1-12(11(19)20,3-2-4-18)5-6(13)8(15)10(17)9(16)7(5)14/h2-4,18H2,1H3,(H,19,20). The summed E-state index contributed by atoms with van der Waals surface area (Å²) in [7, 11) is 0. The molecule has 0 amide bonds. The van der Waals surface area contributed by atoms with Gasteiger partial charge in [0.25, 0.3) is 0 Å². The third-order valence-electron chi connectivity index (χ3n) is 3.11. The number of halogens is 5. The molecule has 3 nitrogen and oxygen atoms in total. The molecule has 0 saturated carbocycles. The molecule has 1 atom stereocenters. The maximum Gasteiger partial charge on any atom is 0.314 e. The average molecular weight is 297 g/mol. The number of aliphatic carboxylic acids is 1. The topological polar surface area (TPSA) is 63.3 Å². The number of rotatable bonds is 5. The minimum absolute atomic E-state index is 0.0122. The zero-order valence-corrected chi connectivity index (χ0v) is 10.4. The van der Waals surface area contributed by atoms with E-state index >= 15 is 0 Å². The van der Waals surface area contributed by atoms with Gasteiger partial charge in [-0.2, -0.15) is 0 Å². The Morgan fingerprint density at radius 3 is 1.80 bits per heavy atom. The van der Waals surface area contributed by atoms with Crippen LogP contribution in [-0.4, -0.2) is 17.6 Å². The summed E-state index contributed by atoms with van der Waals surface area (Å²) in [4.78, 5) is 11.2. The molecule has 20 heavy (non-hydrogen) atoms. The fourth-order valence-electron chi connectivity index (χ4n) is 1.88. The number of carbonyl (C=O) groups is 1. The maximum absolute atomic E-state index is 13.7. The molecule has 0 bridgehead atoms. The second-order valence-corrected chi connectivity index (χ2v) is 4.47. The summed E-state index contributed by atoms with van der Waals surface area (Å²) in [6.45, 7) is 0.904. The Bertz CT molecular complexity index is 520. The van der Waals surface area contributed by atoms with Gasteiger partial charge in [0, 0.05) is 5.56 Å². The average Bonchev–Trinajstić information content (AvgIpc) is 2.40. The van der Waals surface area contributed by atoms with E-state index in [4.69, 9.17) is 10.8 Å². The molecule has 1 aromatic carbocycles. The summed E-state index contributed by atoms with van der Waals surface area (Å²) in [6, 6.07) is 0. The Balaban J connectivity index is 3.61. The van der Waals surface area contributed by atoms with Crippen LogP contribution in [0.15, 0.2) is 0 Å². The second kappa shape index (κ2) is 5.74. The van der Waals surface area contributed by atoms with E-state index in [0.29, 0.717) is 0 Å². The highest BCUT2D eigenvalue weighted by Crippen LogP contribution is 2.36. The Morgan fingerprint density at radius 1 is 1.05 bits per heavy atom. The van der Waals surface area contributed by atoms with Crippen LogP contribution in [0.1, 0.15) is 25.3 Å². The monoisotopic (exact) mass is 297 g/mol. The molecule has 0 aliphatic carbocycles. The first kappa shape index (κ1) is 16.4. The molecule has 3 N–H and O–H groups in total. The van der Waals surface area contributed by atoms with Gasteiger partial charge in [0.05, 0.1) is 5.41 Å². The highest BCUT2D eigenvalue weighted by molar-refractivity contribution is 5.81. The van der Waals surface area contributed by atoms with Crippen LogP contribution in [0.5, 0.6) is 0 Å². The van der Waals surface area contributed by atoms with E-state index in [9.17, 15) is 26.7 Å². The number of carboxylic acid groups (broad SMARTS) is 1. The smallest absolute Gasteiger partial charge is 0.314 e. The van der Waals surface area contributed by atoms with Crippen molar-refractivity contribution >= 4 is 5.97 Å². The molecule has 0 spiro atoms. The summed E-state index contributed by atoms with van der Waals surface area (Å²) in [5.41, 5.74) is 1.57. The first-order chi connectivity index (χ1) is 9.18. The van der Waals surface area contributed by atoms with Crippen molar-refractivity contribution in [2.24, 2.45) is 5.73 Å². The molecular weight excluding hydrogens is 285 g/mol. The summed E-state index contributed by atoms with van der Waals surface area (Å²) in [6.07, 6.45) is -0.320. The molecule has 0 saturated heterocycles. The number of carboxylic acids is 1. The summed E-state index contributed by atoms with van der Waals surface area (Å²) >= 11 is 0. The van der Waals surface area contributed by atoms with Crippen molar-refractivity contribution in [2.45, 2.75) is 25.2 Å². The van der Waals surface area contributed by atoms with Crippen LogP contribution in [0.3, 0.4) is 0 Å². The zero-order chi connectivity index (χ0) is 15.7. The molecule has 0 aliphatic heterocycles. The third kappa shape index (κ3) is 2.47. The van der Waals surface area contributed by atoms with Crippen LogP contribution in [0, 0.1) is 29.1 Å². The fourth-order valence-corrected chi connectivity index (χ4v) is 1.88. The van der Waals surface area contributed by atoms with Crippen molar-refractivity contribution in [3.63, 3.8) is 0 Å². The number of nitrogens with two attached hydrogens (primary N) is 1. The van der Waals surface area contributed by atoms with Crippen molar-refractivity contribution in [3.05, 3.63) is 34.6 Å². The lowest BCUT2D eigenvalue weighted by Gasteiger charge is -2.26. The van der Waals surface area contributed by atoms with Gasteiger partial charge in [-0.25, -0.2) is 22.0 Å². The van der Waals surface area contributed by atoms with E-state index in [2.05, 4.69) is 0 Å². The largest absolute Gasteiger partial charge is 0.481 e. The minimum atomic E-state index is -2.32. The SMILES string of the molecule is CC(CCCN)(C(=O)O)c1c(F)c(F)c(F)c(F)c1F. The molecule has 1 unspecified atom stereocenters. The molecule has 0 radical (unpaired) electrons. The molecule has 8 heteroatoms. The number of benzene rings is 1. The van der Waals surface area contributed by atoms with Gasteiger partial charge < -0.3 is 10.8 Å². The van der Waals surface area contributed by atoms with Crippen molar-refractivity contribution in [1.29, 1.82) is 0 Å². The molecule has 0 aromatic heterocycles. The van der Waals surface area contributed by atoms with Crippen molar-refractivity contribution in [2.75, 3.05) is 6.54 Å². The highest BCUT2D eigenvalue weighted by Gasteiger charge is 2.43. The molecule has 112 valence electrons. The summed E-state index contributed by atoms with van der Waals surface area (Å²) in [5, 5.41) is 9.10. The predicted octanol–water partition coefficient (Wildman–Crippen LogP) is 2.46. The predicted molar refractivity (Wildman–Crippen MR) is 59.5 cm³/mol. The lowest BCUT2D eigenvalue weighted by Crippen LogP contribution is -2.36. The lowest BCUT2D eigenvalue weighted by atomic mass is 9.77. The lowest BCUT2D eigenvalue weighted by molar-refractivity contribution is -0.143. The number of hydrogen-bond acceptors (Lipinski definition) is 2. The quantitative estimate of drug-likeness (QED) is 0.498. The van der Waals surface area contributed by atoms with Gasteiger partial charge in [-0.1, -0.05) is 0 Å². The first-order valence-electron chi connectivity index (χ1n) is 5.63. The van der Waals surface area contributed by atoms with Crippen molar-refractivity contribution in [3.8, 4) is 0 Å². The van der Waals surface area contributed by atoms with E-state index < -0.39 is 46.0 Å². The summed E-state index contributed by atoms with van der Waals surface area (Å²) in [5.74, 6) is -12.6. The Kier molecular flexibility index (Phi) is 4.69. The Morgan fingerprint density at radius 2 is 1.45 bits per heavy atom. The van der Waals surface area contributed by atoms with Crippen LogP contribution >= 0.6 is 0 Å². The van der Waals surface area contributed by atoms with E-state index in [1.807, 2.05) is 0 Å². The van der Waals surface area contributed by atoms with Gasteiger partial charge in [-0.05, 0) is 26.3 Å². The van der Waals surface area contributed by atoms with Gasteiger partial charge >= 0.3 is 5.97 Å². The Labute approximate surface area is 111 Å². The normalized spacial score (nSPS) is 14.2. The van der Waals surface area contributed by atoms with Crippen LogP contribution in [0.2, 0.25) is 0 Å². The minimum Gasteiger partial charge on any atom is -0.481 e. The second-order valence-electron chi connectivity index (χ2n) is 4.47. The van der Waals surface area contributed by atoms with Crippen LogP contribution in [0.4, 0.5) is 22.0 Å². The third-order valence-corrected chi connectivity index (χ3v) is 3.11. The molecular formula is C12H12F5NO2. The Hall–Kier alpha value is -1.70. The molecule has 0 fully saturated rings. The van der Waals surface area contributed by atoms with E-state index in [1.165, 1.54) is 0 Å². The van der Waals surface area contributed by atoms with Gasteiger partial charge in [0.2, 0.25) is 5.82 Å². The molecule has 0 heterocycles. The maximum atomic E-state index is 13.7. The zero-order valence-electron chi connectivity index (χ0n) is 10.4. The van der Waals surface area contributed by atoms with Gasteiger partial charge in [0.15, 0.2) is 23.3 Å². The fraction of sp³-hybridized carbons (Fsp3) is 0.417. The summed E-state index contributed by atoms with van der Waals surface area (Å²) < 4.78 is 66.6. The molecule has 1 rings (SSSR count). The van der Waals surface area contributed by atoms with E-state index in [1.54, 1.807) is 0 Å². The van der Waals surface area contributed by atoms with Crippen molar-refractivity contribution < 1.29 is 31.9 Å². The molecule has 0 aliphatic rings. The molecule has 1 aromatic rings. The van der Waals surface area contributed by atoms with E-state index in [-0.39, 0.29) is 19.4 Å². The van der Waals surface area contributed by atoms with Crippen molar-refractivity contribution in [1.82, 2.24) is 0 Å². The highest BCUT2D eigenvalue weighted by atomic mass is 19.2. The van der Waals surface area contributed by atoms with E-state index in [0.717, 1.165) is 6.92 Å². The van der Waals surface area contributed by atoms with Crippen LogP contribution in [-0.2, 0) is 10.2 Å². The number of hydrogen-bond donors (Lipinski definition) is 2. The first-order valence-corrected chi connectivity index (χ1v) is 5.63.